The zero-order valence-electron chi connectivity index (χ0n) is 8.93. The second kappa shape index (κ2) is 7.95. The Kier molecular flexibility index (Phi) is 8.51. The summed E-state index contributed by atoms with van der Waals surface area (Å²) in [5, 5.41) is 24.8. The molecule has 0 aliphatic heterocycles. The molecule has 3 N–H and O–H groups in total. The smallest absolute Gasteiger partial charge is 0.336 e. The van der Waals surface area contributed by atoms with Gasteiger partial charge in [0.25, 0.3) is 0 Å². The van der Waals surface area contributed by atoms with Gasteiger partial charge in [-0.05, 0) is 20.8 Å². The van der Waals surface area contributed by atoms with Gasteiger partial charge in [-0.2, -0.15) is 0 Å². The number of esters is 1. The molecule has 6 nitrogen and oxygen atoms in total. The van der Waals surface area contributed by atoms with Crippen molar-refractivity contribution in [1.82, 2.24) is 0 Å². The number of carbonyl (C=O) groups is 2. The van der Waals surface area contributed by atoms with Crippen LogP contribution in [0.15, 0.2) is 12.2 Å². The maximum atomic E-state index is 10.3. The zero-order chi connectivity index (χ0) is 12.6. The highest BCUT2D eigenvalue weighted by molar-refractivity contribution is 5.84. The van der Waals surface area contributed by atoms with Crippen molar-refractivity contribution in [2.45, 2.75) is 33.2 Å². The molecule has 0 aliphatic carbocycles. The van der Waals surface area contributed by atoms with Gasteiger partial charge >= 0.3 is 11.9 Å². The van der Waals surface area contributed by atoms with E-state index in [9.17, 15) is 9.59 Å². The Morgan fingerprint density at radius 3 is 1.67 bits per heavy atom. The minimum atomic E-state index is -1.17. The van der Waals surface area contributed by atoms with Crippen molar-refractivity contribution < 1.29 is 29.6 Å². The van der Waals surface area contributed by atoms with Crippen molar-refractivity contribution in [3.05, 3.63) is 12.2 Å². The number of ether oxygens (including phenoxy) is 1. The Morgan fingerprint density at radius 2 is 1.60 bits per heavy atom. The van der Waals surface area contributed by atoms with Crippen LogP contribution in [0.25, 0.3) is 0 Å². The molecule has 0 aromatic rings. The maximum absolute atomic E-state index is 10.3. The van der Waals surface area contributed by atoms with Crippen LogP contribution < -0.4 is 0 Å². The quantitative estimate of drug-likeness (QED) is 0.348. The minimum Gasteiger partial charge on any atom is -0.478 e. The second-order valence-electron chi connectivity index (χ2n) is 2.80. The predicted molar refractivity (Wildman–Crippen MR) is 51.9 cm³/mol. The third-order valence-corrected chi connectivity index (χ3v) is 0.993. The number of hydrogen-bond acceptors (Lipinski definition) is 5. The van der Waals surface area contributed by atoms with Gasteiger partial charge in [0.05, 0.1) is 0 Å². The lowest BCUT2D eigenvalue weighted by Gasteiger charge is -2.07. The van der Waals surface area contributed by atoms with Crippen LogP contribution in [0.1, 0.15) is 20.8 Å². The van der Waals surface area contributed by atoms with E-state index in [2.05, 4.69) is 11.3 Å². The van der Waals surface area contributed by atoms with Gasteiger partial charge in [-0.3, -0.25) is 0 Å². The van der Waals surface area contributed by atoms with Crippen LogP contribution in [0, 0.1) is 0 Å². The summed E-state index contributed by atoms with van der Waals surface area (Å²) in [6.45, 7) is 7.16. The topological polar surface area (TPSA) is 104 Å². The van der Waals surface area contributed by atoms with E-state index in [4.69, 9.17) is 15.3 Å². The van der Waals surface area contributed by atoms with Crippen LogP contribution in [0.5, 0.6) is 0 Å². The van der Waals surface area contributed by atoms with E-state index in [1.165, 1.54) is 20.8 Å². The molecule has 6 heteroatoms. The molecule has 0 saturated heterocycles. The Morgan fingerprint density at radius 1 is 1.27 bits per heavy atom. The molecule has 0 amide bonds. The summed E-state index contributed by atoms with van der Waals surface area (Å²) in [5.74, 6) is -1.75. The van der Waals surface area contributed by atoms with Crippen molar-refractivity contribution in [1.29, 1.82) is 0 Å². The average molecular weight is 220 g/mol. The lowest BCUT2D eigenvalue weighted by Crippen LogP contribution is -2.23. The molecule has 0 heterocycles. The van der Waals surface area contributed by atoms with Crippen LogP contribution in [0.3, 0.4) is 0 Å². The third-order valence-electron chi connectivity index (χ3n) is 0.993. The molecule has 0 aromatic carbocycles. The van der Waals surface area contributed by atoms with E-state index >= 15 is 0 Å². The molecule has 2 unspecified atom stereocenters. The number of carbonyl (C=O) groups excluding carboxylic acids is 1. The zero-order valence-corrected chi connectivity index (χ0v) is 8.93. The highest BCUT2D eigenvalue weighted by atomic mass is 16.6. The minimum absolute atomic E-state index is 0.176. The fraction of sp³-hybridized carbons (Fsp3) is 0.556. The molecular formula is C9H16O6. The summed E-state index contributed by atoms with van der Waals surface area (Å²) in [5.41, 5.74) is 0.176. The maximum Gasteiger partial charge on any atom is 0.336 e. The first-order chi connectivity index (χ1) is 6.68. The molecule has 0 spiro atoms. The van der Waals surface area contributed by atoms with Gasteiger partial charge in [0.15, 0.2) is 6.29 Å². The summed E-state index contributed by atoms with van der Waals surface area (Å²) in [6.07, 6.45) is -2.31. The summed E-state index contributed by atoms with van der Waals surface area (Å²) in [4.78, 5) is 19.9. The predicted octanol–water partition coefficient (Wildman–Crippen LogP) is -0.104. The molecule has 15 heavy (non-hydrogen) atoms. The van der Waals surface area contributed by atoms with E-state index in [1.54, 1.807) is 0 Å². The molecule has 0 bridgehead atoms. The first-order valence-corrected chi connectivity index (χ1v) is 4.14. The summed E-state index contributed by atoms with van der Waals surface area (Å²) in [7, 11) is 0. The van der Waals surface area contributed by atoms with E-state index in [0.29, 0.717) is 0 Å². The lowest BCUT2D eigenvalue weighted by atomic mass is 10.4. The highest BCUT2D eigenvalue weighted by Crippen LogP contribution is 1.90. The molecule has 88 valence electrons. The molecule has 0 radical (unpaired) electrons. The van der Waals surface area contributed by atoms with Gasteiger partial charge < -0.3 is 20.1 Å². The van der Waals surface area contributed by atoms with Crippen LogP contribution in [0.4, 0.5) is 0 Å². The van der Waals surface area contributed by atoms with Gasteiger partial charge in [-0.1, -0.05) is 6.58 Å². The normalized spacial score (nSPS) is 12.9. The van der Waals surface area contributed by atoms with Crippen LogP contribution >= 0.6 is 0 Å². The number of aliphatic hydroxyl groups excluding tert-OH is 2. The molecule has 0 fully saturated rings. The number of carboxylic acid groups (broad SMARTS) is 1. The van der Waals surface area contributed by atoms with Gasteiger partial charge in [-0.15, -0.1) is 0 Å². The highest BCUT2D eigenvalue weighted by Gasteiger charge is 2.11. The average Bonchev–Trinajstić information content (AvgIpc) is 2.03. The van der Waals surface area contributed by atoms with Crippen LogP contribution in [-0.2, 0) is 14.3 Å². The van der Waals surface area contributed by atoms with Crippen molar-refractivity contribution >= 4 is 11.9 Å². The molecule has 0 aromatic heterocycles. The second-order valence-corrected chi connectivity index (χ2v) is 2.80. The van der Waals surface area contributed by atoms with Gasteiger partial charge in [-0.25, -0.2) is 9.59 Å². The van der Waals surface area contributed by atoms with Gasteiger partial charge in [0, 0.05) is 5.57 Å². The lowest BCUT2D eigenvalue weighted by molar-refractivity contribution is -0.173. The number of aliphatic hydroxyl groups is 2. The Bertz CT molecular complexity index is 219. The molecule has 0 saturated carbocycles. The van der Waals surface area contributed by atoms with Crippen LogP contribution in [0.2, 0.25) is 0 Å². The standard InChI is InChI=1S/C5H10O4.C4H6O2/c1-3(6)5(8)9-4(2)7;1-3(2)4(5)6/h3-4,6-7H,1-2H3;1H2,2H3,(H,5,6). The molecule has 0 rings (SSSR count). The number of hydrogen-bond donors (Lipinski definition) is 3. The fourth-order valence-electron chi connectivity index (χ4n) is 0.267. The number of carboxylic acids is 1. The molecule has 2 atom stereocenters. The van der Waals surface area contributed by atoms with Gasteiger partial charge in [0.2, 0.25) is 0 Å². The fourth-order valence-corrected chi connectivity index (χ4v) is 0.267. The van der Waals surface area contributed by atoms with E-state index in [-0.39, 0.29) is 5.57 Å². The summed E-state index contributed by atoms with van der Waals surface area (Å²) < 4.78 is 4.18. The van der Waals surface area contributed by atoms with Crippen molar-refractivity contribution in [3.8, 4) is 0 Å². The first-order valence-electron chi connectivity index (χ1n) is 4.14. The van der Waals surface area contributed by atoms with E-state index < -0.39 is 24.3 Å². The Balaban J connectivity index is 0. The molecular weight excluding hydrogens is 204 g/mol. The SMILES string of the molecule is C=C(C)C(=O)O.CC(O)OC(=O)C(C)O. The third kappa shape index (κ3) is 12.6. The van der Waals surface area contributed by atoms with Crippen molar-refractivity contribution in [2.75, 3.05) is 0 Å². The number of rotatable bonds is 3. The van der Waals surface area contributed by atoms with Crippen molar-refractivity contribution in [3.63, 3.8) is 0 Å². The number of aliphatic carboxylic acids is 1. The summed E-state index contributed by atoms with van der Waals surface area (Å²) >= 11 is 0. The molecule has 0 aliphatic rings. The summed E-state index contributed by atoms with van der Waals surface area (Å²) in [6, 6.07) is 0. The Hall–Kier alpha value is -1.40. The van der Waals surface area contributed by atoms with Crippen molar-refractivity contribution in [2.24, 2.45) is 0 Å². The van der Waals surface area contributed by atoms with E-state index in [1.807, 2.05) is 0 Å². The Labute approximate surface area is 87.8 Å². The largest absolute Gasteiger partial charge is 0.478 e. The monoisotopic (exact) mass is 220 g/mol. The van der Waals surface area contributed by atoms with E-state index in [0.717, 1.165) is 0 Å². The van der Waals surface area contributed by atoms with Gasteiger partial charge in [0.1, 0.15) is 6.10 Å². The first kappa shape index (κ1) is 16.0. The van der Waals surface area contributed by atoms with Crippen LogP contribution in [-0.4, -0.2) is 39.7 Å².